The van der Waals surface area contributed by atoms with Gasteiger partial charge >= 0.3 is 0 Å². The summed E-state index contributed by atoms with van der Waals surface area (Å²) in [5, 5.41) is 0. The fourth-order valence-electron chi connectivity index (χ4n) is 0. The van der Waals surface area contributed by atoms with E-state index in [9.17, 15) is 0 Å². The van der Waals surface area contributed by atoms with Crippen molar-refractivity contribution in [1.82, 2.24) is 0 Å². The zero-order valence-corrected chi connectivity index (χ0v) is 14.3. The van der Waals surface area contributed by atoms with E-state index in [0.717, 1.165) is 0 Å². The highest BCUT2D eigenvalue weighted by Gasteiger charge is 1.15. The zero-order valence-electron chi connectivity index (χ0n) is 14.3. The highest BCUT2D eigenvalue weighted by molar-refractivity contribution is 4.51. The average Bonchev–Trinajstić information content (AvgIpc) is 2.44. The minimum absolute atomic E-state index is 1.75. The van der Waals surface area contributed by atoms with E-state index >= 15 is 0 Å². The molecule has 0 saturated carbocycles. The lowest BCUT2D eigenvalue weighted by Gasteiger charge is -1.31. The van der Waals surface area contributed by atoms with Gasteiger partial charge in [0.15, 0.2) is 0 Å². The van der Waals surface area contributed by atoms with Crippen molar-refractivity contribution < 1.29 is 0 Å². The largest absolute Gasteiger partial charge is 0.103 e. The van der Waals surface area contributed by atoms with Gasteiger partial charge in [-0.25, -0.2) is 0 Å². The first-order valence-corrected chi connectivity index (χ1v) is 6.99. The first kappa shape index (κ1) is 46.5. The van der Waals surface area contributed by atoms with E-state index in [0.29, 0.717) is 0 Å². The summed E-state index contributed by atoms with van der Waals surface area (Å²) in [6.45, 7) is 29.2. The Morgan fingerprint density at radius 3 is 0.467 bits per heavy atom. The van der Waals surface area contributed by atoms with Crippen LogP contribution in [0.25, 0.3) is 0 Å². The number of allylic oxidation sites excluding steroid dienone is 1. The van der Waals surface area contributed by atoms with Gasteiger partial charge in [0.05, 0.1) is 0 Å². The summed E-state index contributed by atoms with van der Waals surface area (Å²) in [5.41, 5.74) is 0. The van der Waals surface area contributed by atoms with Gasteiger partial charge in [-0.2, -0.15) is 0 Å². The fourth-order valence-corrected chi connectivity index (χ4v) is 0. The third-order valence-electron chi connectivity index (χ3n) is 0. The molecule has 0 radical (unpaired) electrons. The van der Waals surface area contributed by atoms with Crippen LogP contribution in [0.3, 0.4) is 0 Å². The highest BCUT2D eigenvalue weighted by atomic mass is 13.2. The predicted octanol–water partition coefficient (Wildman–Crippen LogP) is 7.35. The second-order valence-corrected chi connectivity index (χ2v) is 0.408. The maximum absolute atomic E-state index is 3.36. The Balaban J connectivity index is -0.0000000101. The lowest BCUT2D eigenvalue weighted by molar-refractivity contribution is 1.50. The van der Waals surface area contributed by atoms with Gasteiger partial charge in [-0.3, -0.25) is 0 Å². The van der Waals surface area contributed by atoms with Gasteiger partial charge in [0.25, 0.3) is 0 Å². The first-order valence-electron chi connectivity index (χ1n) is 6.99. The molecule has 0 aliphatic heterocycles. The number of rotatable bonds is 0. The molecule has 0 aliphatic rings. The Hall–Kier alpha value is -0.260. The minimum Gasteiger partial charge on any atom is -0.103 e. The highest BCUT2D eigenvalue weighted by Crippen LogP contribution is 1.38. The van der Waals surface area contributed by atoms with Crippen LogP contribution in [0.4, 0.5) is 0 Å². The van der Waals surface area contributed by atoms with Crippen molar-refractivity contribution in [2.45, 2.75) is 90.0 Å². The van der Waals surface area contributed by atoms with Crippen LogP contribution >= 0.6 is 0 Å². The third kappa shape index (κ3) is 28000. The van der Waals surface area contributed by atoms with Gasteiger partial charge in [0, 0.05) is 0 Å². The number of hydrogen-bond donors (Lipinski definition) is 0. The van der Waals surface area contributed by atoms with E-state index in [1.807, 2.05) is 90.0 Å². The molecular weight excluding hydrogens is 180 g/mol. The van der Waals surface area contributed by atoms with Crippen molar-refractivity contribution in [1.29, 1.82) is 0 Å². The molecule has 0 nitrogen and oxygen atoms in total. The molecule has 0 rings (SSSR count). The Morgan fingerprint density at radius 2 is 0.467 bits per heavy atom. The minimum atomic E-state index is 1.75. The molecule has 0 unspecified atom stereocenters. The molecule has 0 aromatic heterocycles. The van der Waals surface area contributed by atoms with Crippen molar-refractivity contribution in [3.05, 3.63) is 12.7 Å². The fraction of sp³-hybridized carbons (Fsp3) is 0.867. The van der Waals surface area contributed by atoms with E-state index in [4.69, 9.17) is 0 Å². The Bertz CT molecular complexity index is 7.51. The molecule has 0 fully saturated rings. The monoisotopic (exact) mass is 222 g/mol. The van der Waals surface area contributed by atoms with E-state index in [1.54, 1.807) is 6.08 Å². The summed E-state index contributed by atoms with van der Waals surface area (Å²) < 4.78 is 0. The van der Waals surface area contributed by atoms with Crippen LogP contribution in [-0.4, -0.2) is 0 Å². The lowest BCUT2D eigenvalue weighted by Crippen LogP contribution is -1.07. The number of hydrogen-bond acceptors (Lipinski definition) is 0. The normalized spacial score (nSPS) is 3.27. The molecule has 0 saturated heterocycles. The maximum Gasteiger partial charge on any atom is -0.0473 e. The van der Waals surface area contributed by atoms with Crippen LogP contribution in [0.2, 0.25) is 0 Å². The van der Waals surface area contributed by atoms with Crippen molar-refractivity contribution in [3.63, 3.8) is 0 Å². The van der Waals surface area contributed by atoms with Crippen molar-refractivity contribution in [2.75, 3.05) is 0 Å². The van der Waals surface area contributed by atoms with Crippen LogP contribution in [0.5, 0.6) is 0 Å². The smallest absolute Gasteiger partial charge is 0.0473 e. The average molecular weight is 223 g/mol. The van der Waals surface area contributed by atoms with Crippen LogP contribution < -0.4 is 0 Å². The molecule has 0 spiro atoms. The van der Waals surface area contributed by atoms with Crippen molar-refractivity contribution >= 4 is 0 Å². The molecule has 0 bridgehead atoms. The maximum atomic E-state index is 3.36. The van der Waals surface area contributed by atoms with Crippen LogP contribution in [0, 0.1) is 0 Å². The van der Waals surface area contributed by atoms with Crippen LogP contribution in [0.15, 0.2) is 12.7 Å². The SMILES string of the molecule is C=CC.CC.CC.CC.CC.CC.CC. The quantitative estimate of drug-likeness (QED) is 0.376. The first-order chi connectivity index (χ1) is 7.41. The topological polar surface area (TPSA) is 0 Å². The van der Waals surface area contributed by atoms with E-state index in [-0.39, 0.29) is 0 Å². The summed E-state index contributed by atoms with van der Waals surface area (Å²) >= 11 is 0. The summed E-state index contributed by atoms with van der Waals surface area (Å²) in [4.78, 5) is 0. The van der Waals surface area contributed by atoms with Crippen LogP contribution in [0.1, 0.15) is 90.0 Å². The van der Waals surface area contributed by atoms with Crippen molar-refractivity contribution in [3.8, 4) is 0 Å². The van der Waals surface area contributed by atoms with Gasteiger partial charge in [0.2, 0.25) is 0 Å². The molecule has 15 heavy (non-hydrogen) atoms. The van der Waals surface area contributed by atoms with E-state index in [2.05, 4.69) is 6.58 Å². The van der Waals surface area contributed by atoms with Gasteiger partial charge in [-0.15, -0.1) is 6.58 Å². The molecule has 0 aliphatic carbocycles. The van der Waals surface area contributed by atoms with E-state index < -0.39 is 0 Å². The molecule has 0 heterocycles. The Labute approximate surface area is 103 Å². The molecule has 0 atom stereocenters. The Morgan fingerprint density at radius 1 is 0.467 bits per heavy atom. The summed E-state index contributed by atoms with van der Waals surface area (Å²) in [5.74, 6) is 0. The summed E-state index contributed by atoms with van der Waals surface area (Å²) in [6, 6.07) is 0. The molecule has 0 aromatic carbocycles. The molecule has 0 amide bonds. The molecule has 0 N–H and O–H groups in total. The lowest BCUT2D eigenvalue weighted by atomic mass is 10.8. The molecule has 0 heteroatoms. The second-order valence-electron chi connectivity index (χ2n) is 0.408. The van der Waals surface area contributed by atoms with Gasteiger partial charge in [-0.1, -0.05) is 89.2 Å². The zero-order chi connectivity index (χ0) is 14.7. The van der Waals surface area contributed by atoms with Gasteiger partial charge < -0.3 is 0 Å². The summed E-state index contributed by atoms with van der Waals surface area (Å²) in [7, 11) is 0. The van der Waals surface area contributed by atoms with Gasteiger partial charge in [0.1, 0.15) is 0 Å². The predicted molar refractivity (Wildman–Crippen MR) is 84.0 cm³/mol. The van der Waals surface area contributed by atoms with Crippen molar-refractivity contribution in [2.24, 2.45) is 0 Å². The van der Waals surface area contributed by atoms with E-state index in [1.165, 1.54) is 0 Å². The van der Waals surface area contributed by atoms with Crippen LogP contribution in [-0.2, 0) is 0 Å². The third-order valence-corrected chi connectivity index (χ3v) is 0. The summed E-state index contributed by atoms with van der Waals surface area (Å²) in [6.07, 6.45) is 1.75. The molecule has 102 valence electrons. The molecular formula is C15H42. The second kappa shape index (κ2) is 4070. The Kier molecular flexibility index (Phi) is 12600. The standard InChI is InChI=1S/C3H6.6C2H6/c1-3-2;6*1-2/h3H,1H2,2H3;6*1-2H3. The molecule has 0 aromatic rings. The van der Waals surface area contributed by atoms with Gasteiger partial charge in [-0.05, 0) is 6.92 Å².